The van der Waals surface area contributed by atoms with Crippen LogP contribution in [0.5, 0.6) is 0 Å². The molecular formula is C17H28N2. The molecule has 2 nitrogen and oxygen atoms in total. The van der Waals surface area contributed by atoms with E-state index in [0.717, 1.165) is 18.9 Å². The van der Waals surface area contributed by atoms with Crippen LogP contribution in [0.15, 0.2) is 18.2 Å². The summed E-state index contributed by atoms with van der Waals surface area (Å²) in [5.74, 6) is 0.915. The molecule has 0 amide bonds. The second-order valence-electron chi connectivity index (χ2n) is 5.76. The number of para-hydroxylation sites is 1. The first-order chi connectivity index (χ1) is 9.26. The van der Waals surface area contributed by atoms with Crippen LogP contribution in [0.3, 0.4) is 0 Å². The number of piperidine rings is 1. The van der Waals surface area contributed by atoms with E-state index >= 15 is 0 Å². The lowest BCUT2D eigenvalue weighted by Crippen LogP contribution is -2.35. The van der Waals surface area contributed by atoms with Gasteiger partial charge in [-0.15, -0.1) is 0 Å². The first-order valence-corrected chi connectivity index (χ1v) is 7.74. The van der Waals surface area contributed by atoms with Crippen molar-refractivity contribution < 1.29 is 0 Å². The number of benzene rings is 1. The van der Waals surface area contributed by atoms with Crippen molar-refractivity contribution in [1.29, 1.82) is 0 Å². The summed E-state index contributed by atoms with van der Waals surface area (Å²) in [6.07, 6.45) is 5.16. The van der Waals surface area contributed by atoms with Crippen molar-refractivity contribution in [2.45, 2.75) is 39.5 Å². The fourth-order valence-corrected chi connectivity index (χ4v) is 3.25. The van der Waals surface area contributed by atoms with Crippen LogP contribution in [0.25, 0.3) is 0 Å². The zero-order valence-corrected chi connectivity index (χ0v) is 12.7. The SMILES string of the molecule is CCc1cccc(C)c1N1CCC(CCNC)CC1. The minimum Gasteiger partial charge on any atom is -0.371 e. The largest absolute Gasteiger partial charge is 0.371 e. The predicted molar refractivity (Wildman–Crippen MR) is 84.0 cm³/mol. The zero-order chi connectivity index (χ0) is 13.7. The lowest BCUT2D eigenvalue weighted by Gasteiger charge is -2.35. The van der Waals surface area contributed by atoms with Gasteiger partial charge in [0.05, 0.1) is 0 Å². The third kappa shape index (κ3) is 3.50. The van der Waals surface area contributed by atoms with Crippen LogP contribution >= 0.6 is 0 Å². The molecule has 1 N–H and O–H groups in total. The highest BCUT2D eigenvalue weighted by atomic mass is 15.1. The van der Waals surface area contributed by atoms with Crippen LogP contribution in [-0.4, -0.2) is 26.7 Å². The molecule has 1 aromatic carbocycles. The molecule has 0 atom stereocenters. The van der Waals surface area contributed by atoms with Crippen molar-refractivity contribution in [3.05, 3.63) is 29.3 Å². The van der Waals surface area contributed by atoms with E-state index in [1.54, 1.807) is 0 Å². The molecule has 106 valence electrons. The summed E-state index contributed by atoms with van der Waals surface area (Å²) in [7, 11) is 2.05. The van der Waals surface area contributed by atoms with Crippen LogP contribution < -0.4 is 10.2 Å². The van der Waals surface area contributed by atoms with E-state index in [9.17, 15) is 0 Å². The summed E-state index contributed by atoms with van der Waals surface area (Å²) < 4.78 is 0. The molecule has 2 rings (SSSR count). The highest BCUT2D eigenvalue weighted by Gasteiger charge is 2.21. The van der Waals surface area contributed by atoms with E-state index in [-0.39, 0.29) is 0 Å². The minimum atomic E-state index is 0.915. The van der Waals surface area contributed by atoms with E-state index in [4.69, 9.17) is 0 Å². The Bertz CT molecular complexity index is 392. The van der Waals surface area contributed by atoms with Crippen LogP contribution in [0, 0.1) is 12.8 Å². The summed E-state index contributed by atoms with van der Waals surface area (Å²) in [6, 6.07) is 6.73. The molecule has 1 fully saturated rings. The molecule has 1 aliphatic rings. The van der Waals surface area contributed by atoms with Crippen LogP contribution in [0.2, 0.25) is 0 Å². The third-order valence-electron chi connectivity index (χ3n) is 4.44. The number of nitrogens with one attached hydrogen (secondary N) is 1. The summed E-state index contributed by atoms with van der Waals surface area (Å²) in [5, 5.41) is 3.27. The molecule has 0 bridgehead atoms. The highest BCUT2D eigenvalue weighted by Crippen LogP contribution is 2.30. The molecule has 1 aromatic rings. The molecular weight excluding hydrogens is 232 g/mol. The van der Waals surface area contributed by atoms with Gasteiger partial charge in [-0.2, -0.15) is 0 Å². The Labute approximate surface area is 118 Å². The van der Waals surface area contributed by atoms with Crippen molar-refractivity contribution in [2.24, 2.45) is 5.92 Å². The van der Waals surface area contributed by atoms with Crippen molar-refractivity contribution in [3.8, 4) is 0 Å². The number of rotatable bonds is 5. The zero-order valence-electron chi connectivity index (χ0n) is 12.7. The Morgan fingerprint density at radius 2 is 2.00 bits per heavy atom. The first kappa shape index (κ1) is 14.4. The predicted octanol–water partition coefficient (Wildman–Crippen LogP) is 3.38. The van der Waals surface area contributed by atoms with Crippen molar-refractivity contribution >= 4 is 5.69 Å². The van der Waals surface area contributed by atoms with E-state index in [2.05, 4.69) is 49.3 Å². The molecule has 2 heteroatoms. The standard InChI is InChI=1S/C17H28N2/c1-4-16-7-5-6-14(2)17(16)19-12-9-15(10-13-19)8-11-18-3/h5-7,15,18H,4,8-13H2,1-3H3. The fourth-order valence-electron chi connectivity index (χ4n) is 3.25. The molecule has 0 aromatic heterocycles. The van der Waals surface area contributed by atoms with Gasteiger partial charge in [0, 0.05) is 18.8 Å². The molecule has 1 saturated heterocycles. The number of anilines is 1. The number of nitrogens with zero attached hydrogens (tertiary/aromatic N) is 1. The first-order valence-electron chi connectivity index (χ1n) is 7.74. The van der Waals surface area contributed by atoms with Gasteiger partial charge in [0.15, 0.2) is 0 Å². The normalized spacial score (nSPS) is 16.9. The van der Waals surface area contributed by atoms with Crippen molar-refractivity contribution in [1.82, 2.24) is 5.32 Å². The topological polar surface area (TPSA) is 15.3 Å². The number of hydrogen-bond donors (Lipinski definition) is 1. The van der Waals surface area contributed by atoms with Crippen molar-refractivity contribution in [3.63, 3.8) is 0 Å². The molecule has 0 aliphatic carbocycles. The van der Waals surface area contributed by atoms with E-state index < -0.39 is 0 Å². The van der Waals surface area contributed by atoms with Crippen molar-refractivity contribution in [2.75, 3.05) is 31.6 Å². The molecule has 0 radical (unpaired) electrons. The highest BCUT2D eigenvalue weighted by molar-refractivity contribution is 5.59. The van der Waals surface area contributed by atoms with Crippen LogP contribution in [0.4, 0.5) is 5.69 Å². The second-order valence-corrected chi connectivity index (χ2v) is 5.76. The summed E-state index contributed by atoms with van der Waals surface area (Å²) >= 11 is 0. The molecule has 0 unspecified atom stereocenters. The van der Waals surface area contributed by atoms with Gasteiger partial charge in [-0.05, 0) is 63.2 Å². The van der Waals surface area contributed by atoms with Gasteiger partial charge in [0.1, 0.15) is 0 Å². The lowest BCUT2D eigenvalue weighted by molar-refractivity contribution is 0.377. The molecule has 1 aliphatic heterocycles. The Morgan fingerprint density at radius 1 is 1.26 bits per heavy atom. The third-order valence-corrected chi connectivity index (χ3v) is 4.44. The smallest absolute Gasteiger partial charge is 0.0428 e. The van der Waals surface area contributed by atoms with Gasteiger partial charge in [-0.25, -0.2) is 0 Å². The van der Waals surface area contributed by atoms with Crippen LogP contribution in [0.1, 0.15) is 37.3 Å². The molecule has 0 saturated carbocycles. The lowest BCUT2D eigenvalue weighted by atomic mass is 9.92. The minimum absolute atomic E-state index is 0.915. The maximum Gasteiger partial charge on any atom is 0.0428 e. The summed E-state index contributed by atoms with van der Waals surface area (Å²) in [4.78, 5) is 2.62. The van der Waals surface area contributed by atoms with E-state index in [1.165, 1.54) is 49.2 Å². The molecule has 0 spiro atoms. The maximum absolute atomic E-state index is 3.27. The van der Waals surface area contributed by atoms with Gasteiger partial charge in [-0.1, -0.05) is 25.1 Å². The Balaban J connectivity index is 2.01. The Kier molecular flexibility index (Phi) is 5.26. The molecule has 19 heavy (non-hydrogen) atoms. The second kappa shape index (κ2) is 6.95. The monoisotopic (exact) mass is 260 g/mol. The van der Waals surface area contributed by atoms with Gasteiger partial charge in [0.2, 0.25) is 0 Å². The maximum atomic E-state index is 3.27. The summed E-state index contributed by atoms with van der Waals surface area (Å²) in [5.41, 5.74) is 4.46. The van der Waals surface area contributed by atoms with Crippen LogP contribution in [-0.2, 0) is 6.42 Å². The van der Waals surface area contributed by atoms with E-state index in [1.807, 2.05) is 0 Å². The summed E-state index contributed by atoms with van der Waals surface area (Å²) in [6.45, 7) is 8.13. The number of aryl methyl sites for hydroxylation is 2. The number of hydrogen-bond acceptors (Lipinski definition) is 2. The average molecular weight is 260 g/mol. The fraction of sp³-hybridized carbons (Fsp3) is 0.647. The van der Waals surface area contributed by atoms with Gasteiger partial charge in [0.25, 0.3) is 0 Å². The van der Waals surface area contributed by atoms with Gasteiger partial charge >= 0.3 is 0 Å². The Hall–Kier alpha value is -1.02. The quantitative estimate of drug-likeness (QED) is 0.873. The Morgan fingerprint density at radius 3 is 2.63 bits per heavy atom. The van der Waals surface area contributed by atoms with E-state index in [0.29, 0.717) is 0 Å². The van der Waals surface area contributed by atoms with Gasteiger partial charge < -0.3 is 10.2 Å². The molecule has 1 heterocycles. The average Bonchev–Trinajstić information content (AvgIpc) is 2.45. The van der Waals surface area contributed by atoms with Gasteiger partial charge in [-0.3, -0.25) is 0 Å².